The maximum Gasteiger partial charge on any atom is 0.153 e. The average molecular weight is 278 g/mol. The Kier molecular flexibility index (Phi) is 3.31. The topological polar surface area (TPSA) is 44.1 Å². The van der Waals surface area contributed by atoms with E-state index in [9.17, 15) is 13.6 Å². The van der Waals surface area contributed by atoms with Crippen molar-refractivity contribution in [2.45, 2.75) is 18.9 Å². The van der Waals surface area contributed by atoms with Gasteiger partial charge in [-0.05, 0) is 25.0 Å². The largest absolute Gasteiger partial charge is 0.372 e. The van der Waals surface area contributed by atoms with Crippen molar-refractivity contribution >= 4 is 6.29 Å². The van der Waals surface area contributed by atoms with Gasteiger partial charge in [-0.3, -0.25) is 4.79 Å². The number of carbonyl (C=O) groups is 1. The number of halogens is 2. The van der Waals surface area contributed by atoms with Gasteiger partial charge in [0.25, 0.3) is 0 Å². The lowest BCUT2D eigenvalue weighted by Crippen LogP contribution is -2.03. The van der Waals surface area contributed by atoms with Crippen LogP contribution in [0, 0.1) is 11.6 Å². The molecule has 0 bridgehead atoms. The second-order valence-electron chi connectivity index (χ2n) is 4.63. The van der Waals surface area contributed by atoms with Gasteiger partial charge in [0, 0.05) is 18.9 Å². The Bertz CT molecular complexity index is 649. The van der Waals surface area contributed by atoms with Crippen molar-refractivity contribution in [3.05, 3.63) is 47.3 Å². The molecule has 0 spiro atoms. The van der Waals surface area contributed by atoms with Crippen LogP contribution in [0.1, 0.15) is 35.0 Å². The summed E-state index contributed by atoms with van der Waals surface area (Å²) in [7, 11) is 0. The normalized spacial score (nSPS) is 18.4. The molecule has 0 saturated carbocycles. The highest BCUT2D eigenvalue weighted by Gasteiger charge is 2.24. The zero-order chi connectivity index (χ0) is 14.1. The maximum atomic E-state index is 13.7. The van der Waals surface area contributed by atoms with Crippen molar-refractivity contribution in [2.24, 2.45) is 0 Å². The molecule has 1 unspecified atom stereocenters. The van der Waals surface area contributed by atoms with Crippen molar-refractivity contribution in [3.8, 4) is 5.69 Å². The first-order chi connectivity index (χ1) is 9.69. The van der Waals surface area contributed by atoms with Gasteiger partial charge in [0.2, 0.25) is 0 Å². The van der Waals surface area contributed by atoms with E-state index in [1.807, 2.05) is 0 Å². The van der Waals surface area contributed by atoms with Crippen LogP contribution >= 0.6 is 0 Å². The minimum absolute atomic E-state index is 0.0961. The highest BCUT2D eigenvalue weighted by Crippen LogP contribution is 2.30. The molecule has 1 aliphatic heterocycles. The summed E-state index contributed by atoms with van der Waals surface area (Å²) in [6.45, 7) is 0.626. The third kappa shape index (κ3) is 2.22. The van der Waals surface area contributed by atoms with Crippen LogP contribution in [0.2, 0.25) is 0 Å². The first-order valence-electron chi connectivity index (χ1n) is 6.31. The molecule has 6 heteroatoms. The number of aldehydes is 1. The molecule has 1 aromatic heterocycles. The Morgan fingerprint density at radius 1 is 1.40 bits per heavy atom. The molecular weight excluding hydrogens is 266 g/mol. The Morgan fingerprint density at radius 3 is 2.90 bits per heavy atom. The van der Waals surface area contributed by atoms with Gasteiger partial charge in [-0.1, -0.05) is 0 Å². The zero-order valence-electron chi connectivity index (χ0n) is 10.6. The first-order valence-corrected chi connectivity index (χ1v) is 6.31. The van der Waals surface area contributed by atoms with Crippen LogP contribution in [-0.4, -0.2) is 22.7 Å². The van der Waals surface area contributed by atoms with Gasteiger partial charge >= 0.3 is 0 Å². The number of nitrogens with zero attached hydrogens (tertiary/aromatic N) is 2. The number of rotatable bonds is 3. The van der Waals surface area contributed by atoms with Crippen molar-refractivity contribution in [1.29, 1.82) is 0 Å². The number of benzene rings is 1. The molecule has 1 aromatic carbocycles. The van der Waals surface area contributed by atoms with E-state index in [-0.39, 0.29) is 11.8 Å². The van der Waals surface area contributed by atoms with Gasteiger partial charge < -0.3 is 4.74 Å². The molecule has 2 aromatic rings. The lowest BCUT2D eigenvalue weighted by atomic mass is 10.1. The predicted molar refractivity (Wildman–Crippen MR) is 66.8 cm³/mol. The molecule has 0 aliphatic carbocycles. The number of aromatic nitrogens is 2. The standard InChI is InChI=1S/C14H12F2N2O2/c15-10-3-4-12(11(16)6-10)18-7-9(8-19)14(17-18)13-2-1-5-20-13/h3-4,6-8,13H,1-2,5H2. The number of hydrogen-bond acceptors (Lipinski definition) is 3. The molecule has 1 aliphatic rings. The molecule has 2 heterocycles. The fraction of sp³-hybridized carbons (Fsp3) is 0.286. The number of hydrogen-bond donors (Lipinski definition) is 0. The highest BCUT2D eigenvalue weighted by atomic mass is 19.1. The van der Waals surface area contributed by atoms with Crippen LogP contribution in [0.5, 0.6) is 0 Å². The molecule has 20 heavy (non-hydrogen) atoms. The lowest BCUT2D eigenvalue weighted by Gasteiger charge is -2.06. The average Bonchev–Trinajstić information content (AvgIpc) is 3.07. The summed E-state index contributed by atoms with van der Waals surface area (Å²) in [5, 5.41) is 4.22. The lowest BCUT2D eigenvalue weighted by molar-refractivity contribution is 0.104. The third-order valence-corrected chi connectivity index (χ3v) is 3.29. The SMILES string of the molecule is O=Cc1cn(-c2ccc(F)cc2F)nc1C1CCCO1. The summed E-state index contributed by atoms with van der Waals surface area (Å²) in [6.07, 6.45) is 3.55. The predicted octanol–water partition coefficient (Wildman–Crippen LogP) is 2.81. The van der Waals surface area contributed by atoms with Crippen LogP contribution in [0.15, 0.2) is 24.4 Å². The van der Waals surface area contributed by atoms with Crippen LogP contribution < -0.4 is 0 Å². The zero-order valence-corrected chi connectivity index (χ0v) is 10.6. The van der Waals surface area contributed by atoms with Gasteiger partial charge in [-0.25, -0.2) is 13.5 Å². The molecule has 104 valence electrons. The molecule has 0 amide bonds. The minimum atomic E-state index is -0.733. The first kappa shape index (κ1) is 12.9. The van der Waals surface area contributed by atoms with E-state index < -0.39 is 11.6 Å². The second kappa shape index (κ2) is 5.13. The fourth-order valence-corrected chi connectivity index (χ4v) is 2.33. The van der Waals surface area contributed by atoms with Gasteiger partial charge in [0.05, 0.1) is 5.56 Å². The Balaban J connectivity index is 2.04. The van der Waals surface area contributed by atoms with Crippen molar-refractivity contribution in [1.82, 2.24) is 9.78 Å². The second-order valence-corrected chi connectivity index (χ2v) is 4.63. The van der Waals surface area contributed by atoms with E-state index in [2.05, 4.69) is 5.10 Å². The van der Waals surface area contributed by atoms with Crippen molar-refractivity contribution < 1.29 is 18.3 Å². The minimum Gasteiger partial charge on any atom is -0.372 e. The highest BCUT2D eigenvalue weighted by molar-refractivity contribution is 5.76. The molecule has 1 fully saturated rings. The van der Waals surface area contributed by atoms with Crippen LogP contribution in [0.25, 0.3) is 5.69 Å². The molecule has 1 saturated heterocycles. The van der Waals surface area contributed by atoms with E-state index in [0.717, 1.165) is 25.0 Å². The Labute approximate surface area is 114 Å². The van der Waals surface area contributed by atoms with E-state index in [0.29, 0.717) is 24.2 Å². The number of carbonyl (C=O) groups excluding carboxylic acids is 1. The summed E-state index contributed by atoms with van der Waals surface area (Å²) >= 11 is 0. The summed E-state index contributed by atoms with van der Waals surface area (Å²) in [5.74, 6) is -1.39. The maximum absolute atomic E-state index is 13.7. The summed E-state index contributed by atoms with van der Waals surface area (Å²) in [5.41, 5.74) is 0.959. The summed E-state index contributed by atoms with van der Waals surface area (Å²) in [4.78, 5) is 11.1. The van der Waals surface area contributed by atoms with Gasteiger partial charge in [0.15, 0.2) is 12.1 Å². The fourth-order valence-electron chi connectivity index (χ4n) is 2.33. The Hall–Kier alpha value is -2.08. The van der Waals surface area contributed by atoms with Crippen LogP contribution in [-0.2, 0) is 4.74 Å². The Morgan fingerprint density at radius 2 is 2.25 bits per heavy atom. The van der Waals surface area contributed by atoms with Gasteiger partial charge in [0.1, 0.15) is 23.3 Å². The molecule has 1 atom stereocenters. The smallest absolute Gasteiger partial charge is 0.153 e. The molecular formula is C14H12F2N2O2. The van der Waals surface area contributed by atoms with E-state index in [1.54, 1.807) is 0 Å². The quantitative estimate of drug-likeness (QED) is 0.811. The van der Waals surface area contributed by atoms with Crippen LogP contribution in [0.4, 0.5) is 8.78 Å². The van der Waals surface area contributed by atoms with Gasteiger partial charge in [-0.15, -0.1) is 0 Å². The van der Waals surface area contributed by atoms with Crippen molar-refractivity contribution in [3.63, 3.8) is 0 Å². The molecule has 3 rings (SSSR count). The summed E-state index contributed by atoms with van der Waals surface area (Å²) < 4.78 is 33.4. The van der Waals surface area contributed by atoms with Gasteiger partial charge in [-0.2, -0.15) is 5.10 Å². The van der Waals surface area contributed by atoms with E-state index >= 15 is 0 Å². The third-order valence-electron chi connectivity index (χ3n) is 3.29. The molecule has 4 nitrogen and oxygen atoms in total. The molecule has 0 radical (unpaired) electrons. The van der Waals surface area contributed by atoms with Crippen LogP contribution in [0.3, 0.4) is 0 Å². The summed E-state index contributed by atoms with van der Waals surface area (Å²) in [6, 6.07) is 3.21. The van der Waals surface area contributed by atoms with Crippen molar-refractivity contribution in [2.75, 3.05) is 6.61 Å². The molecule has 0 N–H and O–H groups in total. The number of ether oxygens (including phenoxy) is 1. The monoisotopic (exact) mass is 278 g/mol. The van der Waals surface area contributed by atoms with E-state index in [4.69, 9.17) is 4.74 Å². The van der Waals surface area contributed by atoms with E-state index in [1.165, 1.54) is 16.9 Å².